The van der Waals surface area contributed by atoms with Gasteiger partial charge in [-0.15, -0.1) is 0 Å². The van der Waals surface area contributed by atoms with Crippen LogP contribution in [0.3, 0.4) is 0 Å². The van der Waals surface area contributed by atoms with E-state index in [4.69, 9.17) is 0 Å². The molecule has 0 saturated carbocycles. The predicted molar refractivity (Wildman–Crippen MR) is 118 cm³/mol. The van der Waals surface area contributed by atoms with Crippen LogP contribution in [0, 0.1) is 13.8 Å². The maximum atomic E-state index is 13.1. The molecule has 1 N–H and O–H groups in total. The zero-order valence-electron chi connectivity index (χ0n) is 16.7. The van der Waals surface area contributed by atoms with Crippen LogP contribution in [0.25, 0.3) is 0 Å². The Bertz CT molecular complexity index is 1170. The van der Waals surface area contributed by atoms with Gasteiger partial charge in [-0.2, -0.15) is 5.10 Å². The Kier molecular flexibility index (Phi) is 5.90. The van der Waals surface area contributed by atoms with Crippen molar-refractivity contribution < 1.29 is 4.79 Å². The lowest BCUT2D eigenvalue weighted by Crippen LogP contribution is -2.17. The van der Waals surface area contributed by atoms with E-state index in [-0.39, 0.29) is 5.91 Å². The standard InChI is InChI=1S/C23H21N5OS/c1-16-5-6-20(17(2)14-16)30-23-19(4-3-10-25-23)22(29)27-21-9-13-26-28(21)15-18-7-11-24-12-8-18/h3-14H,15H2,1-2H3,(H,27,29). The van der Waals surface area contributed by atoms with E-state index in [0.717, 1.165) is 16.0 Å². The third-order valence-corrected chi connectivity index (χ3v) is 5.79. The lowest BCUT2D eigenvalue weighted by Gasteiger charge is -2.12. The summed E-state index contributed by atoms with van der Waals surface area (Å²) < 4.78 is 1.75. The smallest absolute Gasteiger partial charge is 0.259 e. The van der Waals surface area contributed by atoms with E-state index < -0.39 is 0 Å². The molecular weight excluding hydrogens is 394 g/mol. The van der Waals surface area contributed by atoms with Gasteiger partial charge in [0, 0.05) is 29.6 Å². The number of pyridine rings is 2. The maximum absolute atomic E-state index is 13.1. The molecule has 0 aliphatic heterocycles. The summed E-state index contributed by atoms with van der Waals surface area (Å²) >= 11 is 1.50. The SMILES string of the molecule is Cc1ccc(Sc2ncccc2C(=O)Nc2ccnn2Cc2ccncc2)c(C)c1. The average Bonchev–Trinajstić information content (AvgIpc) is 3.17. The number of hydrogen-bond acceptors (Lipinski definition) is 5. The van der Waals surface area contributed by atoms with E-state index in [1.54, 1.807) is 47.7 Å². The molecule has 0 aliphatic rings. The molecule has 30 heavy (non-hydrogen) atoms. The molecule has 4 rings (SSSR count). The number of aryl methyl sites for hydroxylation is 2. The Morgan fingerprint density at radius 2 is 1.87 bits per heavy atom. The van der Waals surface area contributed by atoms with Gasteiger partial charge in [-0.1, -0.05) is 29.5 Å². The number of amides is 1. The zero-order chi connectivity index (χ0) is 20.9. The highest BCUT2D eigenvalue weighted by Crippen LogP contribution is 2.31. The lowest BCUT2D eigenvalue weighted by atomic mass is 10.2. The minimum Gasteiger partial charge on any atom is -0.307 e. The number of nitrogens with one attached hydrogen (secondary N) is 1. The van der Waals surface area contributed by atoms with Gasteiger partial charge in [0.05, 0.1) is 18.3 Å². The van der Waals surface area contributed by atoms with Gasteiger partial charge in [0.2, 0.25) is 0 Å². The van der Waals surface area contributed by atoms with Gasteiger partial charge in [-0.25, -0.2) is 9.67 Å². The molecule has 0 spiro atoms. The highest BCUT2D eigenvalue weighted by Gasteiger charge is 2.16. The second-order valence-corrected chi connectivity index (χ2v) is 7.94. The van der Waals surface area contributed by atoms with Crippen LogP contribution in [-0.4, -0.2) is 25.7 Å². The van der Waals surface area contributed by atoms with Crippen LogP contribution >= 0.6 is 11.8 Å². The Balaban J connectivity index is 1.55. The van der Waals surface area contributed by atoms with E-state index in [1.165, 1.54) is 17.3 Å². The summed E-state index contributed by atoms with van der Waals surface area (Å²) in [6.07, 6.45) is 6.86. The van der Waals surface area contributed by atoms with Crippen molar-refractivity contribution in [3.05, 3.63) is 95.6 Å². The van der Waals surface area contributed by atoms with Crippen LogP contribution in [0.2, 0.25) is 0 Å². The quantitative estimate of drug-likeness (QED) is 0.492. The summed E-state index contributed by atoms with van der Waals surface area (Å²) in [4.78, 5) is 22.6. The fourth-order valence-electron chi connectivity index (χ4n) is 3.07. The third kappa shape index (κ3) is 4.58. The van der Waals surface area contributed by atoms with Crippen LogP contribution < -0.4 is 5.32 Å². The normalized spacial score (nSPS) is 10.7. The lowest BCUT2D eigenvalue weighted by molar-refractivity contribution is 0.102. The minimum atomic E-state index is -0.216. The minimum absolute atomic E-state index is 0.216. The van der Waals surface area contributed by atoms with Crippen molar-refractivity contribution in [2.75, 3.05) is 5.32 Å². The summed E-state index contributed by atoms with van der Waals surface area (Å²) in [5.74, 6) is 0.412. The predicted octanol–water partition coefficient (Wildman–Crippen LogP) is 4.74. The topological polar surface area (TPSA) is 72.7 Å². The summed E-state index contributed by atoms with van der Waals surface area (Å²) in [6.45, 7) is 4.67. The maximum Gasteiger partial charge on any atom is 0.259 e. The first-order valence-corrected chi connectivity index (χ1v) is 10.3. The van der Waals surface area contributed by atoms with Gasteiger partial charge < -0.3 is 5.32 Å². The summed E-state index contributed by atoms with van der Waals surface area (Å²) in [7, 11) is 0. The molecule has 4 aromatic rings. The van der Waals surface area contributed by atoms with Crippen molar-refractivity contribution in [3.63, 3.8) is 0 Å². The molecule has 3 heterocycles. The Morgan fingerprint density at radius 1 is 1.03 bits per heavy atom. The van der Waals surface area contributed by atoms with Crippen LogP contribution in [0.4, 0.5) is 5.82 Å². The van der Waals surface area contributed by atoms with Gasteiger partial charge >= 0.3 is 0 Å². The second kappa shape index (κ2) is 8.92. The van der Waals surface area contributed by atoms with E-state index in [9.17, 15) is 4.79 Å². The highest BCUT2D eigenvalue weighted by molar-refractivity contribution is 7.99. The largest absolute Gasteiger partial charge is 0.307 e. The molecule has 3 aromatic heterocycles. The molecule has 0 fully saturated rings. The van der Waals surface area contributed by atoms with Crippen molar-refractivity contribution in [1.29, 1.82) is 0 Å². The fraction of sp³-hybridized carbons (Fsp3) is 0.130. The average molecular weight is 416 g/mol. The zero-order valence-corrected chi connectivity index (χ0v) is 17.6. The number of rotatable bonds is 6. The van der Waals surface area contributed by atoms with Crippen molar-refractivity contribution in [1.82, 2.24) is 19.7 Å². The van der Waals surface area contributed by atoms with Crippen molar-refractivity contribution in [2.45, 2.75) is 30.3 Å². The second-order valence-electron chi connectivity index (χ2n) is 6.91. The Morgan fingerprint density at radius 3 is 2.67 bits per heavy atom. The summed E-state index contributed by atoms with van der Waals surface area (Å²) in [5, 5.41) is 7.97. The van der Waals surface area contributed by atoms with Gasteiger partial charge in [0.15, 0.2) is 0 Å². The van der Waals surface area contributed by atoms with E-state index in [0.29, 0.717) is 23.0 Å². The number of benzene rings is 1. The first kappa shape index (κ1) is 19.8. The van der Waals surface area contributed by atoms with Crippen LogP contribution in [0.5, 0.6) is 0 Å². The molecule has 150 valence electrons. The number of anilines is 1. The molecule has 7 heteroatoms. The summed E-state index contributed by atoms with van der Waals surface area (Å²) in [5.41, 5.74) is 3.95. The number of nitrogens with zero attached hydrogens (tertiary/aromatic N) is 4. The Labute approximate surface area is 179 Å². The molecule has 0 unspecified atom stereocenters. The number of aromatic nitrogens is 4. The molecule has 1 amide bonds. The van der Waals surface area contributed by atoms with E-state index in [2.05, 4.69) is 52.4 Å². The summed E-state index contributed by atoms with van der Waals surface area (Å²) in [6, 6.07) is 15.5. The third-order valence-electron chi connectivity index (χ3n) is 4.59. The van der Waals surface area contributed by atoms with Crippen molar-refractivity contribution in [2.24, 2.45) is 0 Å². The first-order valence-electron chi connectivity index (χ1n) is 9.52. The highest BCUT2D eigenvalue weighted by atomic mass is 32.2. The first-order chi connectivity index (χ1) is 14.6. The van der Waals surface area contributed by atoms with Crippen molar-refractivity contribution in [3.8, 4) is 0 Å². The van der Waals surface area contributed by atoms with Gasteiger partial charge in [-0.05, 0) is 55.3 Å². The van der Waals surface area contributed by atoms with Gasteiger partial charge in [0.25, 0.3) is 5.91 Å². The van der Waals surface area contributed by atoms with E-state index in [1.807, 2.05) is 12.1 Å². The molecular formula is C23H21N5OS. The molecule has 0 aliphatic carbocycles. The van der Waals surface area contributed by atoms with Gasteiger partial charge in [0.1, 0.15) is 10.8 Å². The number of hydrogen-bond donors (Lipinski definition) is 1. The van der Waals surface area contributed by atoms with Crippen LogP contribution in [0.15, 0.2) is 83.2 Å². The molecule has 6 nitrogen and oxygen atoms in total. The molecule has 1 aromatic carbocycles. The molecule has 0 radical (unpaired) electrons. The van der Waals surface area contributed by atoms with Crippen molar-refractivity contribution >= 4 is 23.5 Å². The molecule has 0 atom stereocenters. The Hall–Kier alpha value is -3.45. The van der Waals surface area contributed by atoms with E-state index >= 15 is 0 Å². The van der Waals surface area contributed by atoms with Crippen LogP contribution in [-0.2, 0) is 6.54 Å². The fourth-order valence-corrected chi connectivity index (χ4v) is 4.02. The number of carbonyl (C=O) groups is 1. The number of carbonyl (C=O) groups excluding carboxylic acids is 1. The molecule has 0 bridgehead atoms. The van der Waals surface area contributed by atoms with Gasteiger partial charge in [-0.3, -0.25) is 9.78 Å². The monoisotopic (exact) mass is 415 g/mol. The van der Waals surface area contributed by atoms with Crippen LogP contribution in [0.1, 0.15) is 27.0 Å². The molecule has 0 saturated heterocycles.